The zero-order valence-electron chi connectivity index (χ0n) is 8.19. The molecular weight excluding hydrogens is 237 g/mol. The number of nitrogens with zero attached hydrogens (tertiary/aromatic N) is 2. The molecule has 0 radical (unpaired) electrons. The molecule has 2 rings (SSSR count). The first-order valence-corrected chi connectivity index (χ1v) is 4.45. The van der Waals surface area contributed by atoms with Gasteiger partial charge < -0.3 is 5.11 Å². The molecule has 1 aromatic carbocycles. The van der Waals surface area contributed by atoms with Gasteiger partial charge in [0.2, 0.25) is 0 Å². The molecule has 0 aliphatic rings. The van der Waals surface area contributed by atoms with E-state index in [1.807, 2.05) is 0 Å². The second-order valence-corrected chi connectivity index (χ2v) is 3.26. The third kappa shape index (κ3) is 2.03. The van der Waals surface area contributed by atoms with Crippen LogP contribution >= 0.6 is 0 Å². The molecule has 0 fully saturated rings. The molecule has 2 aromatic rings. The number of hydrogen-bond donors (Lipinski definition) is 1. The van der Waals surface area contributed by atoms with E-state index in [4.69, 9.17) is 5.11 Å². The Hall–Kier alpha value is -2.18. The van der Waals surface area contributed by atoms with Crippen molar-refractivity contribution in [3.8, 4) is 0 Å². The monoisotopic (exact) mass is 242 g/mol. The summed E-state index contributed by atoms with van der Waals surface area (Å²) in [5.41, 5.74) is -1.24. The van der Waals surface area contributed by atoms with Crippen LogP contribution in [0.5, 0.6) is 0 Å². The summed E-state index contributed by atoms with van der Waals surface area (Å²) in [4.78, 5) is 17.9. The van der Waals surface area contributed by atoms with Gasteiger partial charge in [-0.25, -0.2) is 14.8 Å². The van der Waals surface area contributed by atoms with Crippen LogP contribution in [0.3, 0.4) is 0 Å². The molecule has 88 valence electrons. The normalized spacial score (nSPS) is 11.7. The average Bonchev–Trinajstić information content (AvgIpc) is 2.26. The van der Waals surface area contributed by atoms with E-state index in [1.54, 1.807) is 0 Å². The molecule has 0 aliphatic heterocycles. The van der Waals surface area contributed by atoms with Crippen LogP contribution in [0.4, 0.5) is 13.2 Å². The molecule has 0 aliphatic carbocycles. The summed E-state index contributed by atoms with van der Waals surface area (Å²) >= 11 is 0. The van der Waals surface area contributed by atoms with Crippen molar-refractivity contribution in [1.82, 2.24) is 9.97 Å². The maximum Gasteiger partial charge on any atom is 0.416 e. The van der Waals surface area contributed by atoms with Crippen molar-refractivity contribution in [3.63, 3.8) is 0 Å². The minimum absolute atomic E-state index is 0.0489. The highest BCUT2D eigenvalue weighted by molar-refractivity contribution is 6.00. The fourth-order valence-electron chi connectivity index (χ4n) is 1.40. The van der Waals surface area contributed by atoms with Crippen LogP contribution in [-0.2, 0) is 6.18 Å². The Morgan fingerprint density at radius 3 is 2.53 bits per heavy atom. The van der Waals surface area contributed by atoms with E-state index in [2.05, 4.69) is 9.97 Å². The highest BCUT2D eigenvalue weighted by Crippen LogP contribution is 2.31. The molecule has 0 saturated carbocycles. The third-order valence-electron chi connectivity index (χ3n) is 2.17. The number of aromatic nitrogens is 2. The van der Waals surface area contributed by atoms with Gasteiger partial charge in [-0.15, -0.1) is 0 Å². The summed E-state index contributed by atoms with van der Waals surface area (Å²) in [5, 5.41) is 8.88. The Morgan fingerprint density at radius 2 is 1.94 bits per heavy atom. The Bertz CT molecular complexity index is 596. The van der Waals surface area contributed by atoms with E-state index >= 15 is 0 Å². The highest BCUT2D eigenvalue weighted by atomic mass is 19.4. The Labute approximate surface area is 92.7 Å². The van der Waals surface area contributed by atoms with Gasteiger partial charge in [0.25, 0.3) is 0 Å². The zero-order valence-corrected chi connectivity index (χ0v) is 8.19. The van der Waals surface area contributed by atoms with E-state index in [9.17, 15) is 18.0 Å². The maximum absolute atomic E-state index is 12.4. The Balaban J connectivity index is 2.69. The van der Waals surface area contributed by atoms with Crippen LogP contribution in [0.1, 0.15) is 16.1 Å². The second kappa shape index (κ2) is 3.69. The van der Waals surface area contributed by atoms with E-state index in [0.29, 0.717) is 0 Å². The number of carbonyl (C=O) groups is 1. The smallest absolute Gasteiger partial charge is 0.416 e. The lowest BCUT2D eigenvalue weighted by Crippen LogP contribution is -2.06. The van der Waals surface area contributed by atoms with Crippen molar-refractivity contribution in [1.29, 1.82) is 0 Å². The SMILES string of the molecule is O=C(O)c1ncnc2cc(C(F)(F)F)ccc12. The zero-order chi connectivity index (χ0) is 12.6. The second-order valence-electron chi connectivity index (χ2n) is 3.26. The summed E-state index contributed by atoms with van der Waals surface area (Å²) in [6.07, 6.45) is -3.56. The number of benzene rings is 1. The van der Waals surface area contributed by atoms with Gasteiger partial charge in [0.1, 0.15) is 6.33 Å². The molecule has 0 bridgehead atoms. The van der Waals surface area contributed by atoms with E-state index in [1.165, 1.54) is 0 Å². The van der Waals surface area contributed by atoms with Crippen LogP contribution in [0.15, 0.2) is 24.5 Å². The predicted molar refractivity (Wildman–Crippen MR) is 51.5 cm³/mol. The first-order valence-electron chi connectivity index (χ1n) is 4.45. The summed E-state index contributed by atoms with van der Waals surface area (Å²) in [5.74, 6) is -1.31. The number of carboxylic acid groups (broad SMARTS) is 1. The van der Waals surface area contributed by atoms with E-state index < -0.39 is 17.7 Å². The lowest BCUT2D eigenvalue weighted by Gasteiger charge is -2.07. The molecule has 7 heteroatoms. The topological polar surface area (TPSA) is 63.1 Å². The molecule has 0 unspecified atom stereocenters. The number of hydrogen-bond acceptors (Lipinski definition) is 3. The number of carboxylic acids is 1. The molecular formula is C10H5F3N2O2. The molecule has 17 heavy (non-hydrogen) atoms. The van der Waals surface area contributed by atoms with Gasteiger partial charge in [0.05, 0.1) is 11.1 Å². The molecule has 4 nitrogen and oxygen atoms in total. The van der Waals surface area contributed by atoms with Crippen LogP contribution < -0.4 is 0 Å². The van der Waals surface area contributed by atoms with Gasteiger partial charge in [-0.1, -0.05) is 0 Å². The highest BCUT2D eigenvalue weighted by Gasteiger charge is 2.30. The van der Waals surface area contributed by atoms with Gasteiger partial charge in [-0.2, -0.15) is 13.2 Å². The lowest BCUT2D eigenvalue weighted by molar-refractivity contribution is -0.137. The molecule has 1 heterocycles. The van der Waals surface area contributed by atoms with Gasteiger partial charge in [0.15, 0.2) is 5.69 Å². The minimum Gasteiger partial charge on any atom is -0.476 e. The maximum atomic E-state index is 12.4. The number of aromatic carboxylic acids is 1. The standard InChI is InChI=1S/C10H5F3N2O2/c11-10(12,13)5-1-2-6-7(3-5)14-4-15-8(6)9(16)17/h1-4H,(H,16,17). The van der Waals surface area contributed by atoms with Crippen LogP contribution in [0, 0.1) is 0 Å². The van der Waals surface area contributed by atoms with Crippen molar-refractivity contribution in [2.45, 2.75) is 6.18 Å². The minimum atomic E-state index is -4.48. The van der Waals surface area contributed by atoms with E-state index in [-0.39, 0.29) is 16.6 Å². The largest absolute Gasteiger partial charge is 0.476 e. The number of fused-ring (bicyclic) bond motifs is 1. The molecule has 0 saturated heterocycles. The number of rotatable bonds is 1. The Morgan fingerprint density at radius 1 is 1.24 bits per heavy atom. The van der Waals surface area contributed by atoms with E-state index in [0.717, 1.165) is 24.5 Å². The first-order chi connectivity index (χ1) is 7.89. The first kappa shape index (κ1) is 11.3. The summed E-state index contributed by atoms with van der Waals surface area (Å²) < 4.78 is 37.2. The van der Waals surface area contributed by atoms with Crippen molar-refractivity contribution >= 4 is 16.9 Å². The van der Waals surface area contributed by atoms with Gasteiger partial charge in [0, 0.05) is 5.39 Å². The average molecular weight is 242 g/mol. The fraction of sp³-hybridized carbons (Fsp3) is 0.100. The van der Waals surface area contributed by atoms with Crippen LogP contribution in [0.2, 0.25) is 0 Å². The Kier molecular flexibility index (Phi) is 2.45. The molecule has 0 amide bonds. The van der Waals surface area contributed by atoms with Gasteiger partial charge in [-0.05, 0) is 18.2 Å². The fourth-order valence-corrected chi connectivity index (χ4v) is 1.40. The van der Waals surface area contributed by atoms with Crippen molar-refractivity contribution in [3.05, 3.63) is 35.8 Å². The van der Waals surface area contributed by atoms with Crippen molar-refractivity contribution in [2.24, 2.45) is 0 Å². The summed E-state index contributed by atoms with van der Waals surface area (Å²) in [6, 6.07) is 2.66. The lowest BCUT2D eigenvalue weighted by atomic mass is 10.1. The quantitative estimate of drug-likeness (QED) is 0.833. The number of alkyl halides is 3. The summed E-state index contributed by atoms with van der Waals surface area (Å²) in [7, 11) is 0. The van der Waals surface area contributed by atoms with Gasteiger partial charge >= 0.3 is 12.1 Å². The molecule has 1 N–H and O–H groups in total. The third-order valence-corrected chi connectivity index (χ3v) is 2.17. The predicted octanol–water partition coefficient (Wildman–Crippen LogP) is 2.35. The van der Waals surface area contributed by atoms with Crippen molar-refractivity contribution < 1.29 is 23.1 Å². The molecule has 1 aromatic heterocycles. The number of halogens is 3. The van der Waals surface area contributed by atoms with Crippen molar-refractivity contribution in [2.75, 3.05) is 0 Å². The summed E-state index contributed by atoms with van der Waals surface area (Å²) in [6.45, 7) is 0. The van der Waals surface area contributed by atoms with Crippen LogP contribution in [0.25, 0.3) is 10.9 Å². The molecule has 0 spiro atoms. The van der Waals surface area contributed by atoms with Crippen LogP contribution in [-0.4, -0.2) is 21.0 Å². The molecule has 0 atom stereocenters. The van der Waals surface area contributed by atoms with Gasteiger partial charge in [-0.3, -0.25) is 0 Å².